The van der Waals surface area contributed by atoms with E-state index in [9.17, 15) is 22.8 Å². The number of amides is 1. The van der Waals surface area contributed by atoms with E-state index in [-0.39, 0.29) is 23.8 Å². The predicted molar refractivity (Wildman–Crippen MR) is 137 cm³/mol. The van der Waals surface area contributed by atoms with Crippen molar-refractivity contribution in [3.63, 3.8) is 0 Å². The lowest BCUT2D eigenvalue weighted by Gasteiger charge is -2.25. The predicted octanol–water partition coefficient (Wildman–Crippen LogP) is 3.31. The SMILES string of the molecule is CCOC(=O)[C@H](CC(C)C)NC(=O)[C@H](CC(=O)OC(C)(C)C)NS(=O)(=O)c1ccc2ccccc2c1. The molecule has 0 radical (unpaired) electrons. The smallest absolute Gasteiger partial charge is 0.328 e. The maximum absolute atomic E-state index is 13.2. The van der Waals surface area contributed by atoms with Gasteiger partial charge in [-0.05, 0) is 62.9 Å². The van der Waals surface area contributed by atoms with Crippen molar-refractivity contribution in [1.82, 2.24) is 10.0 Å². The minimum absolute atomic E-state index is 0.0401. The van der Waals surface area contributed by atoms with E-state index in [4.69, 9.17) is 9.47 Å². The number of carbonyl (C=O) groups is 3. The van der Waals surface area contributed by atoms with E-state index in [0.29, 0.717) is 5.39 Å². The van der Waals surface area contributed by atoms with Crippen LogP contribution in [0.25, 0.3) is 10.8 Å². The molecule has 0 aliphatic carbocycles. The minimum atomic E-state index is -4.21. The van der Waals surface area contributed by atoms with Crippen LogP contribution in [0.3, 0.4) is 0 Å². The van der Waals surface area contributed by atoms with Crippen molar-refractivity contribution in [3.8, 4) is 0 Å². The van der Waals surface area contributed by atoms with Gasteiger partial charge in [-0.1, -0.05) is 44.2 Å². The monoisotopic (exact) mass is 520 g/mol. The topological polar surface area (TPSA) is 128 Å². The largest absolute Gasteiger partial charge is 0.464 e. The van der Waals surface area contributed by atoms with Gasteiger partial charge in [0, 0.05) is 0 Å². The van der Waals surface area contributed by atoms with Gasteiger partial charge in [0.05, 0.1) is 17.9 Å². The van der Waals surface area contributed by atoms with Crippen molar-refractivity contribution in [3.05, 3.63) is 42.5 Å². The van der Waals surface area contributed by atoms with E-state index in [0.717, 1.165) is 5.39 Å². The number of benzene rings is 2. The molecule has 0 aliphatic rings. The van der Waals surface area contributed by atoms with Gasteiger partial charge in [-0.2, -0.15) is 4.72 Å². The second kappa shape index (κ2) is 12.3. The first-order chi connectivity index (χ1) is 16.7. The van der Waals surface area contributed by atoms with Crippen molar-refractivity contribution >= 4 is 38.6 Å². The molecule has 2 aromatic carbocycles. The molecule has 2 rings (SSSR count). The third-order valence-corrected chi connectivity index (χ3v) is 6.50. The Labute approximate surface area is 213 Å². The summed E-state index contributed by atoms with van der Waals surface area (Å²) in [7, 11) is -4.21. The van der Waals surface area contributed by atoms with Gasteiger partial charge in [0.25, 0.3) is 0 Å². The molecule has 2 aromatic rings. The highest BCUT2D eigenvalue weighted by molar-refractivity contribution is 7.89. The van der Waals surface area contributed by atoms with Crippen LogP contribution in [0.2, 0.25) is 0 Å². The van der Waals surface area contributed by atoms with Gasteiger partial charge in [-0.25, -0.2) is 13.2 Å². The standard InChI is InChI=1S/C26H36N2O7S/c1-7-34-25(31)22(14-17(2)3)27-24(30)21(16-23(29)35-26(4,5)6)28-36(32,33)20-13-12-18-10-8-9-11-19(18)15-20/h8-13,15,17,21-22,28H,7,14,16H2,1-6H3,(H,27,30)/t21-,22-/m0/s1. The third-order valence-electron chi connectivity index (χ3n) is 5.03. The summed E-state index contributed by atoms with van der Waals surface area (Å²) in [5, 5.41) is 4.11. The number of hydrogen-bond acceptors (Lipinski definition) is 7. The maximum Gasteiger partial charge on any atom is 0.328 e. The van der Waals surface area contributed by atoms with Crippen molar-refractivity contribution in [1.29, 1.82) is 0 Å². The molecule has 0 heterocycles. The Morgan fingerprint density at radius 1 is 0.972 bits per heavy atom. The van der Waals surface area contributed by atoms with Gasteiger partial charge >= 0.3 is 11.9 Å². The molecule has 0 spiro atoms. The molecule has 36 heavy (non-hydrogen) atoms. The Kier molecular flexibility index (Phi) is 10.0. The van der Waals surface area contributed by atoms with Crippen LogP contribution in [-0.4, -0.2) is 50.6 Å². The number of ether oxygens (including phenoxy) is 2. The van der Waals surface area contributed by atoms with Crippen molar-refractivity contribution in [2.24, 2.45) is 5.92 Å². The molecule has 0 bridgehead atoms. The zero-order valence-electron chi connectivity index (χ0n) is 21.7. The molecule has 0 aromatic heterocycles. The Morgan fingerprint density at radius 3 is 2.19 bits per heavy atom. The van der Waals surface area contributed by atoms with E-state index in [1.54, 1.807) is 45.9 Å². The average Bonchev–Trinajstić information content (AvgIpc) is 2.76. The van der Waals surface area contributed by atoms with Crippen LogP contribution < -0.4 is 10.0 Å². The fraction of sp³-hybridized carbons (Fsp3) is 0.500. The molecule has 9 nitrogen and oxygen atoms in total. The van der Waals surface area contributed by atoms with Crippen molar-refractivity contribution < 1.29 is 32.3 Å². The highest BCUT2D eigenvalue weighted by atomic mass is 32.2. The number of rotatable bonds is 11. The molecule has 1 amide bonds. The second-order valence-electron chi connectivity index (χ2n) is 9.92. The van der Waals surface area contributed by atoms with E-state index in [2.05, 4.69) is 10.0 Å². The molecule has 0 aliphatic heterocycles. The second-order valence-corrected chi connectivity index (χ2v) is 11.6. The number of esters is 2. The zero-order valence-corrected chi connectivity index (χ0v) is 22.5. The first kappa shape index (κ1) is 29.3. The molecule has 2 N–H and O–H groups in total. The summed E-state index contributed by atoms with van der Waals surface area (Å²) in [5.41, 5.74) is -0.833. The molecular formula is C26H36N2O7S. The van der Waals surface area contributed by atoms with E-state index < -0.39 is 52.0 Å². The van der Waals surface area contributed by atoms with Crippen LogP contribution in [0.1, 0.15) is 54.4 Å². The van der Waals surface area contributed by atoms with Gasteiger partial charge in [0.1, 0.15) is 17.7 Å². The van der Waals surface area contributed by atoms with E-state index >= 15 is 0 Å². The average molecular weight is 521 g/mol. The first-order valence-electron chi connectivity index (χ1n) is 11.9. The summed E-state index contributed by atoms with van der Waals surface area (Å²) in [5.74, 6) is -2.18. The summed E-state index contributed by atoms with van der Waals surface area (Å²) >= 11 is 0. The first-order valence-corrected chi connectivity index (χ1v) is 13.4. The normalized spacial score (nSPS) is 13.8. The van der Waals surface area contributed by atoms with E-state index in [1.165, 1.54) is 12.1 Å². The van der Waals surface area contributed by atoms with Gasteiger partial charge < -0.3 is 14.8 Å². The van der Waals surface area contributed by atoms with Crippen molar-refractivity contribution in [2.75, 3.05) is 6.61 Å². The number of carbonyl (C=O) groups excluding carboxylic acids is 3. The van der Waals surface area contributed by atoms with Gasteiger partial charge in [-0.3, -0.25) is 9.59 Å². The fourth-order valence-corrected chi connectivity index (χ4v) is 4.76. The summed E-state index contributed by atoms with van der Waals surface area (Å²) in [6.07, 6.45) is -0.283. The molecule has 0 saturated carbocycles. The van der Waals surface area contributed by atoms with Crippen LogP contribution in [0, 0.1) is 5.92 Å². The molecule has 198 valence electrons. The lowest BCUT2D eigenvalue weighted by atomic mass is 10.0. The number of hydrogen-bond donors (Lipinski definition) is 2. The highest BCUT2D eigenvalue weighted by Crippen LogP contribution is 2.20. The Bertz CT molecular complexity index is 1190. The number of sulfonamides is 1. The quantitative estimate of drug-likeness (QED) is 0.435. The fourth-order valence-electron chi connectivity index (χ4n) is 3.53. The molecular weight excluding hydrogens is 484 g/mol. The van der Waals surface area contributed by atoms with Gasteiger partial charge in [0.15, 0.2) is 0 Å². The maximum atomic E-state index is 13.2. The minimum Gasteiger partial charge on any atom is -0.464 e. The van der Waals surface area contributed by atoms with Crippen LogP contribution in [0.5, 0.6) is 0 Å². The molecule has 10 heteroatoms. The molecule has 0 fully saturated rings. The molecule has 2 atom stereocenters. The van der Waals surface area contributed by atoms with E-state index in [1.807, 2.05) is 26.0 Å². The Balaban J connectivity index is 2.35. The Morgan fingerprint density at radius 2 is 1.61 bits per heavy atom. The van der Waals surface area contributed by atoms with Crippen LogP contribution in [0.4, 0.5) is 0 Å². The summed E-state index contributed by atoms with van der Waals surface area (Å²) in [6.45, 7) is 10.5. The number of nitrogens with one attached hydrogen (secondary N) is 2. The lowest BCUT2D eigenvalue weighted by molar-refractivity contribution is -0.156. The lowest BCUT2D eigenvalue weighted by Crippen LogP contribution is -2.53. The van der Waals surface area contributed by atoms with Crippen LogP contribution in [-0.2, 0) is 33.9 Å². The highest BCUT2D eigenvalue weighted by Gasteiger charge is 2.33. The van der Waals surface area contributed by atoms with Crippen LogP contribution in [0.15, 0.2) is 47.4 Å². The Hall–Kier alpha value is -2.98. The molecule has 0 unspecified atom stereocenters. The van der Waals surface area contributed by atoms with Crippen LogP contribution >= 0.6 is 0 Å². The molecule has 0 saturated heterocycles. The van der Waals surface area contributed by atoms with Crippen molar-refractivity contribution in [2.45, 2.75) is 77.0 Å². The number of fused-ring (bicyclic) bond motifs is 1. The van der Waals surface area contributed by atoms with Gasteiger partial charge in [0.2, 0.25) is 15.9 Å². The summed E-state index contributed by atoms with van der Waals surface area (Å²) < 4.78 is 39.1. The summed E-state index contributed by atoms with van der Waals surface area (Å²) in [4.78, 5) is 38.1. The third kappa shape index (κ3) is 8.91. The van der Waals surface area contributed by atoms with Gasteiger partial charge in [-0.15, -0.1) is 0 Å². The zero-order chi connectivity index (χ0) is 27.1. The summed E-state index contributed by atoms with van der Waals surface area (Å²) in [6, 6.07) is 9.31.